The maximum Gasteiger partial charge on any atom is 0.251 e. The number of amides is 1. The second-order valence-corrected chi connectivity index (χ2v) is 11.0. The van der Waals surface area contributed by atoms with Gasteiger partial charge in [-0.05, 0) is 67.7 Å². The molecule has 0 radical (unpaired) electrons. The van der Waals surface area contributed by atoms with Gasteiger partial charge in [-0.3, -0.25) is 9.59 Å². The average molecular weight is 439 g/mol. The largest absolute Gasteiger partial charge is 0.350 e. The molecule has 5 rings (SSSR count). The van der Waals surface area contributed by atoms with E-state index in [2.05, 4.69) is 10.3 Å². The Hall–Kier alpha value is -2.67. The van der Waals surface area contributed by atoms with Crippen molar-refractivity contribution >= 4 is 21.3 Å². The van der Waals surface area contributed by atoms with E-state index in [1.165, 1.54) is 0 Å². The molecule has 3 fully saturated rings. The van der Waals surface area contributed by atoms with E-state index in [0.717, 1.165) is 42.4 Å². The molecule has 1 aromatic carbocycles. The van der Waals surface area contributed by atoms with Crippen molar-refractivity contribution in [2.24, 2.45) is 5.92 Å². The van der Waals surface area contributed by atoms with E-state index >= 15 is 0 Å². The molecule has 1 amide bonds. The Balaban J connectivity index is 1.49. The molecule has 1 aliphatic heterocycles. The van der Waals surface area contributed by atoms with Crippen LogP contribution in [0.3, 0.4) is 0 Å². The van der Waals surface area contributed by atoms with Crippen molar-refractivity contribution in [1.29, 1.82) is 0 Å². The number of hydrogen-bond acceptors (Lipinski definition) is 4. The number of H-pyrrole nitrogens is 1. The number of nitrogens with one attached hydrogen (secondary N) is 2. The first-order chi connectivity index (χ1) is 14.9. The molecule has 0 unspecified atom stereocenters. The predicted octanol–water partition coefficient (Wildman–Crippen LogP) is 3.15. The summed E-state index contributed by atoms with van der Waals surface area (Å²) in [6.07, 6.45) is 7.21. The maximum absolute atomic E-state index is 12.6. The summed E-state index contributed by atoms with van der Waals surface area (Å²) in [5, 5.41) is 2.94. The normalized spacial score (nSPS) is 21.9. The smallest absolute Gasteiger partial charge is 0.251 e. The number of pyridine rings is 1. The summed E-state index contributed by atoms with van der Waals surface area (Å²) in [6.45, 7) is 0. The Bertz CT molecular complexity index is 1200. The lowest BCUT2D eigenvalue weighted by molar-refractivity contribution is -0.119. The number of rotatable bonds is 7. The van der Waals surface area contributed by atoms with Crippen LogP contribution in [0, 0.1) is 5.92 Å². The van der Waals surface area contributed by atoms with E-state index in [4.69, 9.17) is 0 Å². The Labute approximate surface area is 181 Å². The standard InChI is InChI=1S/C24H26N2O4S/c27-23-12-7-18(25-23)13-21(22-11-10-20(16-3-4-16)24(28)26-22)17-5-8-19(9-6-17)31(29,30)14-15-1-2-15/h5-6,8-11,13,15-16,18H,1-4,7,12,14H2,(H,25,27)(H,26,28)/b21-13-/t18-/m1/s1. The number of carbonyl (C=O) groups excluding carboxylic acids is 1. The van der Waals surface area contributed by atoms with Crippen LogP contribution in [0.1, 0.15) is 61.3 Å². The summed E-state index contributed by atoms with van der Waals surface area (Å²) in [5.74, 6) is 0.871. The average Bonchev–Trinajstić information content (AvgIpc) is 3.67. The van der Waals surface area contributed by atoms with Crippen molar-refractivity contribution in [3.05, 3.63) is 69.6 Å². The number of benzene rings is 1. The molecule has 1 saturated heterocycles. The first-order valence-electron chi connectivity index (χ1n) is 11.0. The summed E-state index contributed by atoms with van der Waals surface area (Å²) in [4.78, 5) is 27.6. The van der Waals surface area contributed by atoms with E-state index < -0.39 is 9.84 Å². The molecule has 1 atom stereocenters. The summed E-state index contributed by atoms with van der Waals surface area (Å²) in [7, 11) is -3.28. The Morgan fingerprint density at radius 2 is 1.71 bits per heavy atom. The minimum Gasteiger partial charge on any atom is -0.350 e. The van der Waals surface area contributed by atoms with Crippen molar-refractivity contribution in [3.63, 3.8) is 0 Å². The van der Waals surface area contributed by atoms with Gasteiger partial charge in [0.25, 0.3) is 5.56 Å². The highest BCUT2D eigenvalue weighted by Gasteiger charge is 2.29. The monoisotopic (exact) mass is 438 g/mol. The highest BCUT2D eigenvalue weighted by Crippen LogP contribution is 2.38. The fraction of sp³-hybridized carbons (Fsp3) is 0.417. The van der Waals surface area contributed by atoms with Gasteiger partial charge in [-0.15, -0.1) is 0 Å². The van der Waals surface area contributed by atoms with E-state index in [0.29, 0.717) is 35.3 Å². The maximum atomic E-state index is 12.6. The van der Waals surface area contributed by atoms with Gasteiger partial charge in [0.1, 0.15) is 0 Å². The van der Waals surface area contributed by atoms with Gasteiger partial charge < -0.3 is 10.3 Å². The lowest BCUT2D eigenvalue weighted by atomic mass is 9.98. The van der Waals surface area contributed by atoms with E-state index in [1.54, 1.807) is 24.3 Å². The van der Waals surface area contributed by atoms with Crippen molar-refractivity contribution in [3.8, 4) is 0 Å². The van der Waals surface area contributed by atoms with Gasteiger partial charge in [0.2, 0.25) is 5.91 Å². The zero-order chi connectivity index (χ0) is 21.6. The molecule has 6 nitrogen and oxygen atoms in total. The van der Waals surface area contributed by atoms with Gasteiger partial charge in [0, 0.05) is 29.3 Å². The summed E-state index contributed by atoms with van der Waals surface area (Å²) >= 11 is 0. The molecule has 0 spiro atoms. The van der Waals surface area contributed by atoms with Crippen LogP contribution in [0.25, 0.3) is 5.57 Å². The first-order valence-corrected chi connectivity index (χ1v) is 12.6. The van der Waals surface area contributed by atoms with Crippen LogP contribution >= 0.6 is 0 Å². The third-order valence-corrected chi connectivity index (χ3v) is 8.22. The second kappa shape index (κ2) is 7.79. The molecule has 7 heteroatoms. The highest BCUT2D eigenvalue weighted by molar-refractivity contribution is 7.91. The summed E-state index contributed by atoms with van der Waals surface area (Å²) in [6, 6.07) is 10.5. The Morgan fingerprint density at radius 1 is 0.968 bits per heavy atom. The number of sulfone groups is 1. The molecular weight excluding hydrogens is 412 g/mol. The third-order valence-electron chi connectivity index (χ3n) is 6.32. The first kappa shape index (κ1) is 20.2. The van der Waals surface area contributed by atoms with Gasteiger partial charge in [-0.25, -0.2) is 8.42 Å². The second-order valence-electron chi connectivity index (χ2n) is 8.97. The Morgan fingerprint density at radius 3 is 2.29 bits per heavy atom. The van der Waals surface area contributed by atoms with Gasteiger partial charge in [-0.1, -0.05) is 24.3 Å². The van der Waals surface area contributed by atoms with Crippen molar-refractivity contribution in [2.45, 2.75) is 55.4 Å². The molecule has 3 aliphatic rings. The van der Waals surface area contributed by atoms with Crippen molar-refractivity contribution < 1.29 is 13.2 Å². The molecule has 2 N–H and O–H groups in total. The van der Waals surface area contributed by atoms with Crippen LogP contribution in [0.15, 0.2) is 52.2 Å². The molecule has 2 aromatic rings. The minimum absolute atomic E-state index is 0.0136. The summed E-state index contributed by atoms with van der Waals surface area (Å²) in [5.41, 5.74) is 3.01. The van der Waals surface area contributed by atoms with Gasteiger partial charge in [0.15, 0.2) is 9.84 Å². The SMILES string of the molecule is O=C1CC[C@H](/C=C(/c2ccc(S(=O)(=O)CC3CC3)cc2)c2ccc(C3CC3)c(=O)[nH]2)N1. The van der Waals surface area contributed by atoms with Crippen LogP contribution < -0.4 is 10.9 Å². The number of aromatic amines is 1. The fourth-order valence-corrected chi connectivity index (χ4v) is 5.89. The Kier molecular flexibility index (Phi) is 5.08. The van der Waals surface area contributed by atoms with Crippen LogP contribution in [0.2, 0.25) is 0 Å². The number of hydrogen-bond donors (Lipinski definition) is 2. The number of aromatic nitrogens is 1. The van der Waals surface area contributed by atoms with Crippen LogP contribution in [-0.2, 0) is 14.6 Å². The molecule has 162 valence electrons. The van der Waals surface area contributed by atoms with E-state index in [1.807, 2.05) is 18.2 Å². The zero-order valence-electron chi connectivity index (χ0n) is 17.3. The van der Waals surface area contributed by atoms with Gasteiger partial charge in [0.05, 0.1) is 10.6 Å². The summed E-state index contributed by atoms with van der Waals surface area (Å²) < 4.78 is 25.2. The number of carbonyl (C=O) groups is 1. The van der Waals surface area contributed by atoms with Crippen LogP contribution in [0.4, 0.5) is 0 Å². The van der Waals surface area contributed by atoms with Gasteiger partial charge >= 0.3 is 0 Å². The predicted molar refractivity (Wildman–Crippen MR) is 119 cm³/mol. The lowest BCUT2D eigenvalue weighted by Gasteiger charge is -2.13. The molecule has 2 aliphatic carbocycles. The van der Waals surface area contributed by atoms with Crippen molar-refractivity contribution in [2.75, 3.05) is 5.75 Å². The molecule has 2 saturated carbocycles. The van der Waals surface area contributed by atoms with Crippen LogP contribution in [-0.4, -0.2) is 31.1 Å². The third kappa shape index (κ3) is 4.51. The molecule has 31 heavy (non-hydrogen) atoms. The highest BCUT2D eigenvalue weighted by atomic mass is 32.2. The van der Waals surface area contributed by atoms with E-state index in [9.17, 15) is 18.0 Å². The molecule has 1 aromatic heterocycles. The zero-order valence-corrected chi connectivity index (χ0v) is 18.1. The lowest BCUT2D eigenvalue weighted by Crippen LogP contribution is -2.23. The molecular formula is C24H26N2O4S. The minimum atomic E-state index is -3.28. The fourth-order valence-electron chi connectivity index (χ4n) is 4.20. The van der Waals surface area contributed by atoms with Crippen LogP contribution in [0.5, 0.6) is 0 Å². The molecule has 2 heterocycles. The van der Waals surface area contributed by atoms with Crippen molar-refractivity contribution in [1.82, 2.24) is 10.3 Å². The molecule has 0 bridgehead atoms. The quantitative estimate of drug-likeness (QED) is 0.694. The van der Waals surface area contributed by atoms with Gasteiger partial charge in [-0.2, -0.15) is 0 Å². The van der Waals surface area contributed by atoms with E-state index in [-0.39, 0.29) is 23.3 Å². The topological polar surface area (TPSA) is 96.1 Å².